The van der Waals surface area contributed by atoms with Crippen LogP contribution in [0, 0.1) is 0 Å². The lowest BCUT2D eigenvalue weighted by molar-refractivity contribution is -0.119. The molecule has 2 N–H and O–H groups in total. The normalized spacial score (nSPS) is 15.6. The van der Waals surface area contributed by atoms with Crippen molar-refractivity contribution in [1.29, 1.82) is 0 Å². The van der Waals surface area contributed by atoms with E-state index >= 15 is 0 Å². The van der Waals surface area contributed by atoms with E-state index in [1.165, 1.54) is 0 Å². The van der Waals surface area contributed by atoms with Gasteiger partial charge in [-0.2, -0.15) is 0 Å². The van der Waals surface area contributed by atoms with Crippen LogP contribution >= 0.6 is 39.7 Å². The zero-order chi connectivity index (χ0) is 22.0. The number of nitrogens with one attached hydrogen (secondary N) is 2. The number of fused-ring (bicyclic) bond motifs is 1. The molecule has 8 heteroatoms. The minimum absolute atomic E-state index is 0.231. The molecule has 4 rings (SSSR count). The number of aliphatic imine (C=N–C) groups is 1. The topological polar surface area (TPSA) is 56.7 Å². The van der Waals surface area contributed by atoms with E-state index in [-0.39, 0.29) is 5.91 Å². The van der Waals surface area contributed by atoms with Crippen molar-refractivity contribution in [3.05, 3.63) is 93.4 Å². The number of hydrogen-bond acceptors (Lipinski definition) is 3. The van der Waals surface area contributed by atoms with Crippen molar-refractivity contribution in [3.63, 3.8) is 0 Å². The first-order chi connectivity index (χ1) is 14.9. The summed E-state index contributed by atoms with van der Waals surface area (Å²) in [5.41, 5.74) is 3.84. The van der Waals surface area contributed by atoms with Gasteiger partial charge in [-0.3, -0.25) is 4.79 Å². The second-order valence-corrected chi connectivity index (χ2v) is 8.58. The van der Waals surface area contributed by atoms with Crippen molar-refractivity contribution >= 4 is 67.9 Å². The molecule has 3 aromatic carbocycles. The summed E-state index contributed by atoms with van der Waals surface area (Å²) in [6.45, 7) is 0. The standard InChI is InChI=1S/C23H18BrClN4OS/c1-29-19-12-11-15(25)13-16(19)20(14-7-3-2-4-8-14)27-21(22(29)30)28-23(31)26-18-10-6-5-9-17(18)24/h2-13,21H,1H3,(H2,26,28,31). The molecule has 0 bridgehead atoms. The first-order valence-corrected chi connectivity index (χ1v) is 11.0. The number of amides is 1. The molecular formula is C23H18BrClN4OS. The number of nitrogens with zero attached hydrogens (tertiary/aromatic N) is 2. The van der Waals surface area contributed by atoms with Crippen molar-refractivity contribution in [2.45, 2.75) is 6.17 Å². The number of anilines is 2. The van der Waals surface area contributed by atoms with Gasteiger partial charge in [-0.25, -0.2) is 4.99 Å². The maximum absolute atomic E-state index is 13.3. The highest BCUT2D eigenvalue weighted by atomic mass is 79.9. The van der Waals surface area contributed by atoms with Crippen molar-refractivity contribution in [2.24, 2.45) is 4.99 Å². The van der Waals surface area contributed by atoms with Gasteiger partial charge in [0.05, 0.1) is 17.1 Å². The monoisotopic (exact) mass is 512 g/mol. The average molecular weight is 514 g/mol. The number of carbonyl (C=O) groups excluding carboxylic acids is 1. The molecular weight excluding hydrogens is 496 g/mol. The predicted molar refractivity (Wildman–Crippen MR) is 134 cm³/mol. The van der Waals surface area contributed by atoms with E-state index in [4.69, 9.17) is 28.8 Å². The summed E-state index contributed by atoms with van der Waals surface area (Å²) in [5.74, 6) is -0.231. The van der Waals surface area contributed by atoms with Gasteiger partial charge < -0.3 is 15.5 Å². The van der Waals surface area contributed by atoms with Gasteiger partial charge in [-0.1, -0.05) is 54.1 Å². The lowest BCUT2D eigenvalue weighted by Gasteiger charge is -2.22. The van der Waals surface area contributed by atoms with E-state index in [1.807, 2.05) is 66.7 Å². The molecule has 0 saturated carbocycles. The number of rotatable bonds is 3. The van der Waals surface area contributed by atoms with Crippen LogP contribution in [-0.2, 0) is 4.79 Å². The van der Waals surface area contributed by atoms with Gasteiger partial charge >= 0.3 is 0 Å². The van der Waals surface area contributed by atoms with Crippen LogP contribution in [0.4, 0.5) is 11.4 Å². The molecule has 0 fully saturated rings. The van der Waals surface area contributed by atoms with E-state index in [2.05, 4.69) is 26.6 Å². The quantitative estimate of drug-likeness (QED) is 0.471. The zero-order valence-electron chi connectivity index (χ0n) is 16.5. The molecule has 0 saturated heterocycles. The molecule has 5 nitrogen and oxygen atoms in total. The summed E-state index contributed by atoms with van der Waals surface area (Å²) in [5, 5.41) is 7.02. The number of halogens is 2. The maximum Gasteiger partial charge on any atom is 0.272 e. The summed E-state index contributed by atoms with van der Waals surface area (Å²) < 4.78 is 0.860. The fourth-order valence-electron chi connectivity index (χ4n) is 3.31. The molecule has 0 aromatic heterocycles. The summed E-state index contributed by atoms with van der Waals surface area (Å²) in [6.07, 6.45) is -0.908. The van der Waals surface area contributed by atoms with Gasteiger partial charge in [-0.05, 0) is 58.5 Å². The highest BCUT2D eigenvalue weighted by Gasteiger charge is 2.30. The number of carbonyl (C=O) groups is 1. The Morgan fingerprint density at radius 1 is 1.10 bits per heavy atom. The Bertz CT molecular complexity index is 1190. The van der Waals surface area contributed by atoms with Crippen molar-refractivity contribution in [3.8, 4) is 0 Å². The molecule has 1 atom stereocenters. The van der Waals surface area contributed by atoms with E-state index < -0.39 is 6.17 Å². The van der Waals surface area contributed by atoms with E-state index in [1.54, 1.807) is 18.0 Å². The minimum atomic E-state index is -0.908. The molecule has 0 radical (unpaired) electrons. The van der Waals surface area contributed by atoms with E-state index in [0.29, 0.717) is 15.8 Å². The van der Waals surface area contributed by atoms with Crippen LogP contribution in [0.3, 0.4) is 0 Å². The summed E-state index contributed by atoms with van der Waals surface area (Å²) in [7, 11) is 1.72. The van der Waals surface area contributed by atoms with Gasteiger partial charge in [0.2, 0.25) is 6.17 Å². The number of para-hydroxylation sites is 1. The molecule has 1 unspecified atom stereocenters. The van der Waals surface area contributed by atoms with Gasteiger partial charge in [-0.15, -0.1) is 0 Å². The molecule has 0 spiro atoms. The van der Waals surface area contributed by atoms with Crippen LogP contribution in [0.5, 0.6) is 0 Å². The molecule has 1 amide bonds. The van der Waals surface area contributed by atoms with Crippen LogP contribution < -0.4 is 15.5 Å². The zero-order valence-corrected chi connectivity index (χ0v) is 19.6. The second-order valence-electron chi connectivity index (χ2n) is 6.88. The molecule has 1 aliphatic heterocycles. The lowest BCUT2D eigenvalue weighted by Crippen LogP contribution is -2.47. The Balaban J connectivity index is 1.72. The summed E-state index contributed by atoms with van der Waals surface area (Å²) in [6, 6.07) is 22.7. The summed E-state index contributed by atoms with van der Waals surface area (Å²) in [4.78, 5) is 19.6. The van der Waals surface area contributed by atoms with Gasteiger partial charge in [0, 0.05) is 27.7 Å². The number of hydrogen-bond donors (Lipinski definition) is 2. The van der Waals surface area contributed by atoms with Crippen molar-refractivity contribution in [1.82, 2.24) is 5.32 Å². The first kappa shape index (κ1) is 21.5. The Morgan fingerprint density at radius 3 is 2.55 bits per heavy atom. The van der Waals surface area contributed by atoms with Gasteiger partial charge in [0.1, 0.15) is 0 Å². The van der Waals surface area contributed by atoms with Crippen molar-refractivity contribution < 1.29 is 4.79 Å². The number of thiocarbonyl (C=S) groups is 1. The van der Waals surface area contributed by atoms with Crippen molar-refractivity contribution in [2.75, 3.05) is 17.3 Å². The van der Waals surface area contributed by atoms with E-state index in [0.717, 1.165) is 27.0 Å². The molecule has 156 valence electrons. The highest BCUT2D eigenvalue weighted by Crippen LogP contribution is 2.30. The van der Waals surface area contributed by atoms with Crippen LogP contribution in [0.15, 0.2) is 82.3 Å². The first-order valence-electron chi connectivity index (χ1n) is 9.47. The fraction of sp³-hybridized carbons (Fsp3) is 0.0870. The average Bonchev–Trinajstić information content (AvgIpc) is 2.86. The number of likely N-dealkylation sites (N-methyl/N-ethyl adjacent to an activating group) is 1. The third-order valence-corrected chi connectivity index (χ3v) is 5.98. The smallest absolute Gasteiger partial charge is 0.272 e. The van der Waals surface area contributed by atoms with Crippen LogP contribution in [0.2, 0.25) is 5.02 Å². The Labute approximate surface area is 199 Å². The van der Waals surface area contributed by atoms with Gasteiger partial charge in [0.15, 0.2) is 5.11 Å². The van der Waals surface area contributed by atoms with Crippen LogP contribution in [0.1, 0.15) is 11.1 Å². The third-order valence-electron chi connectivity index (χ3n) is 4.83. The lowest BCUT2D eigenvalue weighted by atomic mass is 10.0. The number of benzodiazepines with no additional fused rings is 1. The number of benzene rings is 3. The van der Waals surface area contributed by atoms with E-state index in [9.17, 15) is 4.79 Å². The Hall–Kier alpha value is -2.74. The SMILES string of the molecule is CN1C(=O)C(NC(=S)Nc2ccccc2Br)N=C(c2ccccc2)c2cc(Cl)ccc21. The minimum Gasteiger partial charge on any atom is -0.333 e. The molecule has 1 heterocycles. The molecule has 3 aromatic rings. The van der Waals surface area contributed by atoms with Gasteiger partial charge in [0.25, 0.3) is 5.91 Å². The molecule has 0 aliphatic carbocycles. The fourth-order valence-corrected chi connectivity index (χ4v) is 4.09. The second kappa shape index (κ2) is 9.18. The predicted octanol–water partition coefficient (Wildman–Crippen LogP) is 5.23. The molecule has 1 aliphatic rings. The molecule has 31 heavy (non-hydrogen) atoms. The Kier molecular flexibility index (Phi) is 6.36. The largest absolute Gasteiger partial charge is 0.333 e. The summed E-state index contributed by atoms with van der Waals surface area (Å²) >= 11 is 15.2. The van der Waals surface area contributed by atoms with Crippen LogP contribution in [-0.4, -0.2) is 29.9 Å². The third kappa shape index (κ3) is 4.63. The van der Waals surface area contributed by atoms with Crippen LogP contribution in [0.25, 0.3) is 0 Å². The Morgan fingerprint density at radius 2 is 1.81 bits per heavy atom. The maximum atomic E-state index is 13.3. The highest BCUT2D eigenvalue weighted by molar-refractivity contribution is 9.10.